The van der Waals surface area contributed by atoms with Crippen molar-refractivity contribution < 1.29 is 4.74 Å². The van der Waals surface area contributed by atoms with Crippen molar-refractivity contribution in [2.24, 2.45) is 0 Å². The highest BCUT2D eigenvalue weighted by Gasteiger charge is 1.92. The van der Waals surface area contributed by atoms with Gasteiger partial charge in [0.2, 0.25) is 0 Å². The normalized spacial score (nSPS) is 10.4. The maximum absolute atomic E-state index is 5.24. The summed E-state index contributed by atoms with van der Waals surface area (Å²) < 4.78 is 5.24. The first-order valence-electron chi connectivity index (χ1n) is 5.82. The lowest BCUT2D eigenvalue weighted by atomic mass is 10.4. The van der Waals surface area contributed by atoms with E-state index in [1.165, 1.54) is 6.42 Å². The van der Waals surface area contributed by atoms with E-state index in [-0.39, 0.29) is 0 Å². The Morgan fingerprint density at radius 1 is 1.20 bits per heavy atom. The number of unbranched alkanes of at least 4 members (excludes halogenated alkanes) is 1. The molecule has 0 heterocycles. The molecule has 0 atom stereocenters. The minimum Gasteiger partial charge on any atom is -0.501 e. The molecule has 0 spiro atoms. The van der Waals surface area contributed by atoms with Gasteiger partial charge in [-0.15, -0.1) is 0 Å². The highest BCUT2D eigenvalue weighted by molar-refractivity contribution is 5.14. The lowest BCUT2D eigenvalue weighted by Gasteiger charge is -2.12. The first-order valence-corrected chi connectivity index (χ1v) is 5.82. The fraction of sp³-hybridized carbons (Fsp3) is 0.692. The Morgan fingerprint density at radius 3 is 2.53 bits per heavy atom. The van der Waals surface area contributed by atoms with Crippen molar-refractivity contribution in [3.8, 4) is 11.8 Å². The molecule has 0 aromatic heterocycles. The van der Waals surface area contributed by atoms with Gasteiger partial charge in [-0.1, -0.05) is 39.0 Å². The van der Waals surface area contributed by atoms with E-state index in [0.717, 1.165) is 32.7 Å². The molecule has 0 aliphatic heterocycles. The molecule has 0 aliphatic rings. The molecule has 0 saturated heterocycles. The van der Waals surface area contributed by atoms with Gasteiger partial charge in [0.25, 0.3) is 0 Å². The molecular formula is C13H23NO. The number of hydrogen-bond donors (Lipinski definition) is 0. The van der Waals surface area contributed by atoms with Crippen molar-refractivity contribution in [2.45, 2.75) is 33.6 Å². The van der Waals surface area contributed by atoms with Crippen LogP contribution in [0.25, 0.3) is 0 Å². The van der Waals surface area contributed by atoms with Crippen molar-refractivity contribution in [2.75, 3.05) is 26.2 Å². The standard InChI is InChI=1S/C13H23NO/c1-4-7-12-15-13-10-8-9-11-14(5-2)6-3/h10,13H,4-7,11-12H2,1-3H3/b13-10+. The molecule has 15 heavy (non-hydrogen) atoms. The summed E-state index contributed by atoms with van der Waals surface area (Å²) in [6.45, 7) is 10.2. The minimum atomic E-state index is 0.796. The minimum absolute atomic E-state index is 0.796. The van der Waals surface area contributed by atoms with Crippen molar-refractivity contribution >= 4 is 0 Å². The maximum atomic E-state index is 5.24. The Labute approximate surface area is 94.3 Å². The zero-order chi connectivity index (χ0) is 11.4. The SMILES string of the molecule is CCCCO/C=C/C#CCN(CC)CC. The van der Waals surface area contributed by atoms with Gasteiger partial charge in [-0.05, 0) is 19.5 Å². The molecule has 0 aliphatic carbocycles. The molecular weight excluding hydrogens is 186 g/mol. The highest BCUT2D eigenvalue weighted by Crippen LogP contribution is 1.88. The van der Waals surface area contributed by atoms with Crippen LogP contribution in [-0.4, -0.2) is 31.1 Å². The lowest BCUT2D eigenvalue weighted by molar-refractivity contribution is 0.244. The number of rotatable bonds is 7. The summed E-state index contributed by atoms with van der Waals surface area (Å²) in [7, 11) is 0. The average molecular weight is 209 g/mol. The Bertz CT molecular complexity index is 208. The largest absolute Gasteiger partial charge is 0.501 e. The molecule has 0 aromatic carbocycles. The summed E-state index contributed by atoms with van der Waals surface area (Å²) in [6, 6.07) is 0. The third-order valence-electron chi connectivity index (χ3n) is 2.16. The average Bonchev–Trinajstić information content (AvgIpc) is 2.27. The monoisotopic (exact) mass is 209 g/mol. The van der Waals surface area contributed by atoms with E-state index in [1.807, 2.05) is 0 Å². The zero-order valence-corrected chi connectivity index (χ0v) is 10.3. The van der Waals surface area contributed by atoms with E-state index in [1.54, 1.807) is 12.3 Å². The van der Waals surface area contributed by atoms with E-state index in [9.17, 15) is 0 Å². The molecule has 0 radical (unpaired) electrons. The quantitative estimate of drug-likeness (QED) is 0.363. The summed E-state index contributed by atoms with van der Waals surface area (Å²) in [5, 5.41) is 0. The zero-order valence-electron chi connectivity index (χ0n) is 10.3. The van der Waals surface area contributed by atoms with Gasteiger partial charge >= 0.3 is 0 Å². The number of hydrogen-bond acceptors (Lipinski definition) is 2. The van der Waals surface area contributed by atoms with Gasteiger partial charge in [0.05, 0.1) is 19.4 Å². The molecule has 2 nitrogen and oxygen atoms in total. The van der Waals surface area contributed by atoms with E-state index in [0.29, 0.717) is 0 Å². The van der Waals surface area contributed by atoms with Gasteiger partial charge in [0.15, 0.2) is 0 Å². The van der Waals surface area contributed by atoms with Crippen LogP contribution in [0.3, 0.4) is 0 Å². The maximum Gasteiger partial charge on any atom is 0.0912 e. The smallest absolute Gasteiger partial charge is 0.0912 e. The molecule has 0 amide bonds. The van der Waals surface area contributed by atoms with Crippen LogP contribution in [0.15, 0.2) is 12.3 Å². The van der Waals surface area contributed by atoms with Gasteiger partial charge in [0, 0.05) is 6.08 Å². The molecule has 0 saturated carbocycles. The van der Waals surface area contributed by atoms with E-state index >= 15 is 0 Å². The first-order chi connectivity index (χ1) is 7.35. The van der Waals surface area contributed by atoms with Crippen LogP contribution in [-0.2, 0) is 4.74 Å². The molecule has 0 unspecified atom stereocenters. The fourth-order valence-electron chi connectivity index (χ4n) is 1.04. The topological polar surface area (TPSA) is 12.5 Å². The molecule has 0 bridgehead atoms. The second-order valence-electron chi connectivity index (χ2n) is 3.31. The van der Waals surface area contributed by atoms with Gasteiger partial charge in [-0.25, -0.2) is 0 Å². The molecule has 0 N–H and O–H groups in total. The highest BCUT2D eigenvalue weighted by atomic mass is 16.5. The van der Waals surface area contributed by atoms with Crippen LogP contribution in [0, 0.1) is 11.8 Å². The van der Waals surface area contributed by atoms with Gasteiger partial charge < -0.3 is 4.74 Å². The van der Waals surface area contributed by atoms with Crippen molar-refractivity contribution in [3.05, 3.63) is 12.3 Å². The van der Waals surface area contributed by atoms with E-state index in [2.05, 4.69) is 37.5 Å². The molecule has 2 heteroatoms. The third kappa shape index (κ3) is 9.37. The summed E-state index contributed by atoms with van der Waals surface area (Å²) in [4.78, 5) is 2.28. The fourth-order valence-corrected chi connectivity index (χ4v) is 1.04. The molecule has 0 rings (SSSR count). The van der Waals surface area contributed by atoms with Crippen molar-refractivity contribution in [3.63, 3.8) is 0 Å². The second-order valence-corrected chi connectivity index (χ2v) is 3.31. The van der Waals surface area contributed by atoms with E-state index in [4.69, 9.17) is 4.74 Å². The van der Waals surface area contributed by atoms with Crippen LogP contribution < -0.4 is 0 Å². The van der Waals surface area contributed by atoms with Crippen molar-refractivity contribution in [1.82, 2.24) is 4.90 Å². The third-order valence-corrected chi connectivity index (χ3v) is 2.16. The summed E-state index contributed by atoms with van der Waals surface area (Å²) >= 11 is 0. The second kappa shape index (κ2) is 11.1. The summed E-state index contributed by atoms with van der Waals surface area (Å²) in [5.41, 5.74) is 0. The predicted molar refractivity (Wildman–Crippen MR) is 65.6 cm³/mol. The Morgan fingerprint density at radius 2 is 1.93 bits per heavy atom. The summed E-state index contributed by atoms with van der Waals surface area (Å²) in [6.07, 6.45) is 5.74. The van der Waals surface area contributed by atoms with Crippen LogP contribution in [0.1, 0.15) is 33.6 Å². The molecule has 86 valence electrons. The Hall–Kier alpha value is -0.940. The number of ether oxygens (including phenoxy) is 1. The first kappa shape index (κ1) is 14.1. The Balaban J connectivity index is 3.51. The predicted octanol–water partition coefficient (Wildman–Crippen LogP) is 2.66. The van der Waals surface area contributed by atoms with E-state index < -0.39 is 0 Å². The van der Waals surface area contributed by atoms with Crippen molar-refractivity contribution in [1.29, 1.82) is 0 Å². The molecule has 0 aromatic rings. The lowest BCUT2D eigenvalue weighted by Crippen LogP contribution is -2.22. The Kier molecular flexibility index (Phi) is 10.4. The molecule has 0 fully saturated rings. The van der Waals surface area contributed by atoms with Crippen LogP contribution >= 0.6 is 0 Å². The van der Waals surface area contributed by atoms with Crippen LogP contribution in [0.5, 0.6) is 0 Å². The van der Waals surface area contributed by atoms with Crippen LogP contribution in [0.4, 0.5) is 0 Å². The number of nitrogens with zero attached hydrogens (tertiary/aromatic N) is 1. The van der Waals surface area contributed by atoms with Gasteiger partial charge in [-0.2, -0.15) is 0 Å². The summed E-state index contributed by atoms with van der Waals surface area (Å²) in [5.74, 6) is 6.05. The van der Waals surface area contributed by atoms with Crippen LogP contribution in [0.2, 0.25) is 0 Å². The van der Waals surface area contributed by atoms with Gasteiger partial charge in [-0.3, -0.25) is 4.90 Å². The number of allylic oxidation sites excluding steroid dienone is 1. The van der Waals surface area contributed by atoms with Gasteiger partial charge in [0.1, 0.15) is 0 Å².